The van der Waals surface area contributed by atoms with Crippen LogP contribution in [0.1, 0.15) is 97.0 Å². The molecule has 0 aliphatic heterocycles. The maximum Gasteiger partial charge on any atom is 0.344 e. The first-order valence-electron chi connectivity index (χ1n) is 16.6. The van der Waals surface area contributed by atoms with Crippen LogP contribution in [0.2, 0.25) is 0 Å². The van der Waals surface area contributed by atoms with Crippen LogP contribution in [0.15, 0.2) is 54.6 Å². The van der Waals surface area contributed by atoms with E-state index in [1.807, 2.05) is 54.6 Å². The molecule has 3 atom stereocenters. The molecule has 0 fully saturated rings. The summed E-state index contributed by atoms with van der Waals surface area (Å²) in [6.45, 7) is 5.56. The third-order valence-corrected chi connectivity index (χ3v) is 8.66. The topological polar surface area (TPSA) is 151 Å². The van der Waals surface area contributed by atoms with Crippen molar-refractivity contribution in [3.8, 4) is 11.1 Å². The van der Waals surface area contributed by atoms with Crippen molar-refractivity contribution < 1.29 is 38.2 Å². The lowest BCUT2D eigenvalue weighted by Crippen LogP contribution is -2.46. The van der Waals surface area contributed by atoms with Crippen LogP contribution in [0.3, 0.4) is 0 Å². The number of carbonyl (C=O) groups excluding carboxylic acids is 2. The third kappa shape index (κ3) is 16.5. The zero-order valence-corrected chi connectivity index (χ0v) is 28.5. The van der Waals surface area contributed by atoms with Crippen molar-refractivity contribution in [2.75, 3.05) is 12.8 Å². The van der Waals surface area contributed by atoms with E-state index < -0.39 is 44.1 Å². The number of aliphatic carboxylic acids is 1. The summed E-state index contributed by atoms with van der Waals surface area (Å²) >= 11 is 0. The molecule has 46 heavy (non-hydrogen) atoms. The van der Waals surface area contributed by atoms with Gasteiger partial charge in [0.05, 0.1) is 18.7 Å². The van der Waals surface area contributed by atoms with Gasteiger partial charge in [0.25, 0.3) is 0 Å². The minimum atomic E-state index is -4.36. The van der Waals surface area contributed by atoms with Crippen molar-refractivity contribution in [3.63, 3.8) is 0 Å². The van der Waals surface area contributed by atoms with Crippen molar-refractivity contribution in [2.24, 2.45) is 5.92 Å². The number of nitrogens with one attached hydrogen (secondary N) is 2. The van der Waals surface area contributed by atoms with Crippen LogP contribution in [-0.2, 0) is 34.6 Å². The Hall–Kier alpha value is -3.04. The highest BCUT2D eigenvalue weighted by molar-refractivity contribution is 7.52. The van der Waals surface area contributed by atoms with Crippen molar-refractivity contribution in [1.82, 2.24) is 10.6 Å². The van der Waals surface area contributed by atoms with Crippen molar-refractivity contribution in [3.05, 3.63) is 60.2 Å². The van der Waals surface area contributed by atoms with E-state index in [-0.39, 0.29) is 31.7 Å². The largest absolute Gasteiger partial charge is 0.481 e. The molecule has 0 aliphatic rings. The Morgan fingerprint density at radius 2 is 1.41 bits per heavy atom. The van der Waals surface area contributed by atoms with Gasteiger partial charge in [0.2, 0.25) is 12.2 Å². The van der Waals surface area contributed by atoms with Crippen molar-refractivity contribution >= 4 is 25.4 Å². The number of ether oxygens (including phenoxy) is 1. The molecule has 2 aromatic carbocycles. The van der Waals surface area contributed by atoms with Crippen LogP contribution in [0.25, 0.3) is 11.1 Å². The maximum absolute atomic E-state index is 13.1. The summed E-state index contributed by atoms with van der Waals surface area (Å²) in [6, 6.07) is 16.5. The van der Waals surface area contributed by atoms with E-state index in [2.05, 4.69) is 17.6 Å². The number of hydrogen-bond donors (Lipinski definition) is 4. The molecule has 2 aromatic rings. The molecule has 0 heterocycles. The maximum atomic E-state index is 13.1. The summed E-state index contributed by atoms with van der Waals surface area (Å²) in [6.07, 6.45) is 8.36. The van der Waals surface area contributed by atoms with E-state index in [4.69, 9.17) is 14.4 Å². The Balaban J connectivity index is 1.93. The SMILES string of the molecule is CCCCCCCCCCCC(=O)O[C@@H](OP(=O)(O)CNC(Cc1ccc(-c2ccccc2)cc1)C(=O)NCCC(=O)O)C(C)C. The summed E-state index contributed by atoms with van der Waals surface area (Å²) in [5.41, 5.74) is 2.84. The number of esters is 1. The number of amides is 1. The fraction of sp³-hybridized carbons (Fsp3) is 0.571. The van der Waals surface area contributed by atoms with Gasteiger partial charge in [0.15, 0.2) is 0 Å². The molecule has 256 valence electrons. The van der Waals surface area contributed by atoms with E-state index >= 15 is 0 Å². The molecule has 0 bridgehead atoms. The van der Waals surface area contributed by atoms with Crippen LogP contribution in [0.4, 0.5) is 0 Å². The average molecular weight is 661 g/mol. The van der Waals surface area contributed by atoms with Crippen molar-refractivity contribution in [2.45, 2.75) is 110 Å². The number of rotatable bonds is 24. The minimum absolute atomic E-state index is 0.0864. The van der Waals surface area contributed by atoms with Gasteiger partial charge in [-0.1, -0.05) is 127 Å². The lowest BCUT2D eigenvalue weighted by atomic mass is 10.0. The number of hydrogen-bond acceptors (Lipinski definition) is 7. The molecule has 2 rings (SSSR count). The molecular formula is C35H53N2O8P. The Kier molecular flexibility index (Phi) is 18.5. The first kappa shape index (κ1) is 39.1. The summed E-state index contributed by atoms with van der Waals surface area (Å²) in [4.78, 5) is 47.1. The second-order valence-corrected chi connectivity index (χ2v) is 13.8. The molecule has 0 saturated carbocycles. The smallest absolute Gasteiger partial charge is 0.344 e. The Morgan fingerprint density at radius 3 is 2.00 bits per heavy atom. The average Bonchev–Trinajstić information content (AvgIpc) is 3.02. The number of carboxylic acids is 1. The fourth-order valence-electron chi connectivity index (χ4n) is 4.85. The van der Waals surface area contributed by atoms with E-state index in [0.717, 1.165) is 36.0 Å². The molecule has 10 nitrogen and oxygen atoms in total. The number of unbranched alkanes of at least 4 members (excludes halogenated alkanes) is 8. The number of carboxylic acid groups (broad SMARTS) is 1. The second kappa shape index (κ2) is 21.7. The van der Waals surface area contributed by atoms with E-state index in [0.29, 0.717) is 6.42 Å². The van der Waals surface area contributed by atoms with Crippen LogP contribution in [0.5, 0.6) is 0 Å². The second-order valence-electron chi connectivity index (χ2n) is 12.0. The first-order chi connectivity index (χ1) is 22.0. The lowest BCUT2D eigenvalue weighted by molar-refractivity contribution is -0.170. The Bertz CT molecular complexity index is 1220. The third-order valence-electron chi connectivity index (χ3n) is 7.54. The van der Waals surface area contributed by atoms with E-state index in [1.165, 1.54) is 32.1 Å². The molecule has 0 aliphatic carbocycles. The summed E-state index contributed by atoms with van der Waals surface area (Å²) < 4.78 is 23.9. The van der Waals surface area contributed by atoms with Gasteiger partial charge in [0, 0.05) is 18.9 Å². The lowest BCUT2D eigenvalue weighted by Gasteiger charge is -2.26. The highest BCUT2D eigenvalue weighted by Crippen LogP contribution is 2.43. The fourth-order valence-corrected chi connectivity index (χ4v) is 5.98. The highest BCUT2D eigenvalue weighted by atomic mass is 31.2. The molecule has 4 N–H and O–H groups in total. The van der Waals surface area contributed by atoms with Crippen LogP contribution in [0, 0.1) is 5.92 Å². The van der Waals surface area contributed by atoms with E-state index in [9.17, 15) is 23.8 Å². The van der Waals surface area contributed by atoms with E-state index in [1.54, 1.807) is 13.8 Å². The molecule has 11 heteroatoms. The summed E-state index contributed by atoms with van der Waals surface area (Å²) in [7, 11) is -4.36. The predicted molar refractivity (Wildman–Crippen MR) is 180 cm³/mol. The minimum Gasteiger partial charge on any atom is -0.481 e. The molecule has 0 saturated heterocycles. The Morgan fingerprint density at radius 1 is 0.826 bits per heavy atom. The normalized spacial score (nSPS) is 13.9. The van der Waals surface area contributed by atoms with Gasteiger partial charge in [-0.25, -0.2) is 0 Å². The zero-order valence-electron chi connectivity index (χ0n) is 27.6. The molecule has 2 unspecified atom stereocenters. The van der Waals surface area contributed by atoms with Gasteiger partial charge in [-0.05, 0) is 29.5 Å². The van der Waals surface area contributed by atoms with Gasteiger partial charge in [-0.2, -0.15) is 0 Å². The van der Waals surface area contributed by atoms with Gasteiger partial charge in [0.1, 0.15) is 0 Å². The molecule has 0 spiro atoms. The first-order valence-corrected chi connectivity index (χ1v) is 18.3. The quantitative estimate of drug-likeness (QED) is 0.0402. The van der Waals surface area contributed by atoms with Gasteiger partial charge < -0.3 is 20.1 Å². The molecule has 0 aromatic heterocycles. The summed E-state index contributed by atoms with van der Waals surface area (Å²) in [5.74, 6) is -2.43. The molecular weight excluding hydrogens is 607 g/mol. The summed E-state index contributed by atoms with van der Waals surface area (Å²) in [5, 5.41) is 14.3. The van der Waals surface area contributed by atoms with Crippen molar-refractivity contribution in [1.29, 1.82) is 0 Å². The zero-order chi connectivity index (χ0) is 33.8. The number of benzene rings is 2. The molecule has 0 radical (unpaired) electrons. The Labute approximate surface area is 274 Å². The number of carbonyl (C=O) groups is 3. The van der Waals surface area contributed by atoms with Crippen LogP contribution < -0.4 is 10.6 Å². The van der Waals surface area contributed by atoms with Crippen LogP contribution in [-0.4, -0.2) is 53.0 Å². The molecule has 1 amide bonds. The highest BCUT2D eigenvalue weighted by Gasteiger charge is 2.31. The van der Waals surface area contributed by atoms with Crippen LogP contribution >= 0.6 is 7.60 Å². The van der Waals surface area contributed by atoms with Gasteiger partial charge in [-0.15, -0.1) is 0 Å². The standard InChI is InChI=1S/C35H53N2O8P/c1-4-5-6-7-8-9-10-11-15-18-33(40)44-35(27(2)3)45-46(42,43)26-37-31(34(41)36-24-23-32(38)39)25-28-19-21-30(22-20-28)29-16-13-12-14-17-29/h12-14,16-17,19-22,27,31,35,37H,4-11,15,18,23-26H2,1-3H3,(H,36,41)(H,38,39)(H,42,43)/t31?,35-/m0/s1. The van der Waals surface area contributed by atoms with Gasteiger partial charge in [-0.3, -0.25) is 28.8 Å². The predicted octanol–water partition coefficient (Wildman–Crippen LogP) is 7.05. The van der Waals surface area contributed by atoms with Gasteiger partial charge >= 0.3 is 19.5 Å². The monoisotopic (exact) mass is 660 g/mol.